The van der Waals surface area contributed by atoms with Crippen LogP contribution in [0, 0.1) is 12.3 Å². The summed E-state index contributed by atoms with van der Waals surface area (Å²) in [6.07, 6.45) is 11.9. The zero-order valence-electron chi connectivity index (χ0n) is 26.8. The van der Waals surface area contributed by atoms with Crippen molar-refractivity contribution in [1.82, 2.24) is 19.6 Å². The van der Waals surface area contributed by atoms with Gasteiger partial charge in [0.25, 0.3) is 0 Å². The maximum absolute atomic E-state index is 12.8. The SMILES string of the molecule is Cc1nc2cc3nn2c(c1[C@H](OC(C)(C)C)C(=O)O)N1CCC(C)(CCCCCCc2ccncc2-c2cccc-3c2)CC1. The van der Waals surface area contributed by atoms with Crippen LogP contribution in [0.2, 0.25) is 0 Å². The molecule has 8 heteroatoms. The van der Waals surface area contributed by atoms with E-state index in [-0.39, 0.29) is 5.41 Å². The van der Waals surface area contributed by atoms with Crippen molar-refractivity contribution in [2.75, 3.05) is 18.0 Å². The molecule has 0 unspecified atom stereocenters. The van der Waals surface area contributed by atoms with Crippen molar-refractivity contribution in [3.05, 3.63) is 65.6 Å². The standard InChI is InChI=1S/C36H45N5O3/c1-24-31(32(34(42)43)44-35(2,3)4)33-40-19-16-36(5,17-20-40)15-9-7-6-8-11-25-14-18-37-23-28(25)26-12-10-13-27(21-26)29-22-30(38-24)41(33)39-29/h10,12-14,18,21-23,32H,6-9,11,15-17,19-20H2,1-5H3,(H,42,43)/t32-/m0/s1. The summed E-state index contributed by atoms with van der Waals surface area (Å²) in [4.78, 5) is 24.5. The lowest BCUT2D eigenvalue weighted by atomic mass is 9.76. The van der Waals surface area contributed by atoms with Gasteiger partial charge in [0, 0.05) is 48.4 Å². The van der Waals surface area contributed by atoms with Gasteiger partial charge in [0.1, 0.15) is 5.82 Å². The molecule has 3 aromatic heterocycles. The first kappa shape index (κ1) is 30.3. The summed E-state index contributed by atoms with van der Waals surface area (Å²) in [6.45, 7) is 11.6. The van der Waals surface area contributed by atoms with Crippen molar-refractivity contribution < 1.29 is 14.6 Å². The molecule has 1 N–H and O–H groups in total. The highest BCUT2D eigenvalue weighted by Gasteiger charge is 2.37. The molecule has 4 aromatic rings. The van der Waals surface area contributed by atoms with E-state index < -0.39 is 17.7 Å². The van der Waals surface area contributed by atoms with Crippen LogP contribution in [-0.4, -0.2) is 49.3 Å². The van der Waals surface area contributed by atoms with Gasteiger partial charge >= 0.3 is 5.97 Å². The third-order valence-corrected chi connectivity index (χ3v) is 9.39. The van der Waals surface area contributed by atoms with Crippen LogP contribution in [0.25, 0.3) is 28.0 Å². The number of rotatable bonds is 3. The number of aliphatic carboxylic acids is 1. The highest BCUT2D eigenvalue weighted by atomic mass is 16.5. The maximum atomic E-state index is 12.8. The zero-order chi connectivity index (χ0) is 31.1. The van der Waals surface area contributed by atoms with Crippen LogP contribution < -0.4 is 4.90 Å². The molecule has 0 saturated carbocycles. The first-order chi connectivity index (χ1) is 21.0. The number of hydrogen-bond acceptors (Lipinski definition) is 6. The molecular formula is C36H45N5O3. The minimum Gasteiger partial charge on any atom is -0.479 e. The summed E-state index contributed by atoms with van der Waals surface area (Å²) in [5.74, 6) is -0.244. The third kappa shape index (κ3) is 6.23. The number of pyridine rings is 1. The van der Waals surface area contributed by atoms with Gasteiger partial charge in [0.15, 0.2) is 11.8 Å². The average Bonchev–Trinajstić information content (AvgIpc) is 3.41. The number of piperidine rings is 1. The van der Waals surface area contributed by atoms with Crippen molar-refractivity contribution in [2.24, 2.45) is 5.41 Å². The summed E-state index contributed by atoms with van der Waals surface area (Å²) in [6, 6.07) is 12.6. The monoisotopic (exact) mass is 595 g/mol. The molecule has 6 bridgehead atoms. The van der Waals surface area contributed by atoms with Crippen molar-refractivity contribution in [3.63, 3.8) is 0 Å². The lowest BCUT2D eigenvalue weighted by Crippen LogP contribution is -2.41. The van der Waals surface area contributed by atoms with E-state index in [1.165, 1.54) is 37.7 Å². The second-order valence-corrected chi connectivity index (χ2v) is 14.0. The predicted octanol–water partition coefficient (Wildman–Crippen LogP) is 7.82. The molecule has 3 aliphatic heterocycles. The molecule has 1 aromatic carbocycles. The van der Waals surface area contributed by atoms with Crippen molar-refractivity contribution in [1.29, 1.82) is 0 Å². The quantitative estimate of drug-likeness (QED) is 0.258. The van der Waals surface area contributed by atoms with Crippen molar-refractivity contribution in [2.45, 2.75) is 97.7 Å². The molecule has 1 fully saturated rings. The summed E-state index contributed by atoms with van der Waals surface area (Å²) in [5, 5.41) is 15.6. The van der Waals surface area contributed by atoms with Gasteiger partial charge in [-0.25, -0.2) is 9.78 Å². The topological polar surface area (TPSA) is 92.8 Å². The molecule has 0 radical (unpaired) electrons. The zero-order valence-corrected chi connectivity index (χ0v) is 26.8. The molecule has 8 nitrogen and oxygen atoms in total. The van der Waals surface area contributed by atoms with E-state index in [9.17, 15) is 9.90 Å². The Morgan fingerprint density at radius 3 is 2.52 bits per heavy atom. The fourth-order valence-corrected chi connectivity index (χ4v) is 6.93. The number of carboxylic acid groups (broad SMARTS) is 1. The van der Waals surface area contributed by atoms with Crippen LogP contribution in [0.15, 0.2) is 48.8 Å². The van der Waals surface area contributed by atoms with E-state index in [0.29, 0.717) is 16.9 Å². The third-order valence-electron chi connectivity index (χ3n) is 9.39. The average molecular weight is 596 g/mol. The Bertz CT molecular complexity index is 1660. The molecule has 0 amide bonds. The lowest BCUT2D eigenvalue weighted by molar-refractivity contribution is -0.160. The molecule has 7 rings (SSSR count). The van der Waals surface area contributed by atoms with E-state index in [1.807, 2.05) is 50.7 Å². The fourth-order valence-electron chi connectivity index (χ4n) is 6.93. The molecular weight excluding hydrogens is 550 g/mol. The van der Waals surface area contributed by atoms with Gasteiger partial charge in [-0.3, -0.25) is 4.98 Å². The molecule has 3 aliphatic rings. The molecule has 1 atom stereocenters. The van der Waals surface area contributed by atoms with E-state index in [1.54, 1.807) is 0 Å². The Labute approximate surface area is 260 Å². The minimum atomic E-state index is -1.17. The summed E-state index contributed by atoms with van der Waals surface area (Å²) >= 11 is 0. The van der Waals surface area contributed by atoms with Gasteiger partial charge in [-0.2, -0.15) is 9.61 Å². The first-order valence-corrected chi connectivity index (χ1v) is 16.1. The highest BCUT2D eigenvalue weighted by Crippen LogP contribution is 2.41. The molecule has 0 aliphatic carbocycles. The number of aromatic nitrogens is 4. The first-order valence-electron chi connectivity index (χ1n) is 16.1. The molecule has 0 spiro atoms. The summed E-state index contributed by atoms with van der Waals surface area (Å²) < 4.78 is 8.07. The van der Waals surface area contributed by atoms with Crippen molar-refractivity contribution in [3.8, 4) is 22.4 Å². The molecule has 44 heavy (non-hydrogen) atoms. The maximum Gasteiger partial charge on any atom is 0.337 e. The van der Waals surface area contributed by atoms with Gasteiger partial charge in [-0.05, 0) is 88.5 Å². The van der Waals surface area contributed by atoms with Gasteiger partial charge in [0.2, 0.25) is 0 Å². The number of hydrogen-bond donors (Lipinski definition) is 1. The Morgan fingerprint density at radius 1 is 1.02 bits per heavy atom. The van der Waals surface area contributed by atoms with Crippen LogP contribution in [-0.2, 0) is 16.0 Å². The second kappa shape index (κ2) is 12.0. The molecule has 1 saturated heterocycles. The summed E-state index contributed by atoms with van der Waals surface area (Å²) in [7, 11) is 0. The smallest absolute Gasteiger partial charge is 0.337 e. The van der Waals surface area contributed by atoms with E-state index >= 15 is 0 Å². The van der Waals surface area contributed by atoms with Crippen molar-refractivity contribution >= 4 is 17.4 Å². The largest absolute Gasteiger partial charge is 0.479 e. The lowest BCUT2D eigenvalue weighted by Gasteiger charge is -2.41. The Balaban J connectivity index is 1.54. The van der Waals surface area contributed by atoms with Crippen LogP contribution in [0.3, 0.4) is 0 Å². The van der Waals surface area contributed by atoms with E-state index in [0.717, 1.165) is 60.6 Å². The minimum absolute atomic E-state index is 0.265. The number of carbonyl (C=O) groups is 1. The summed E-state index contributed by atoms with van der Waals surface area (Å²) in [5.41, 5.74) is 6.92. The number of ether oxygens (including phenoxy) is 1. The number of aryl methyl sites for hydroxylation is 2. The van der Waals surface area contributed by atoms with Gasteiger partial charge < -0.3 is 14.7 Å². The highest BCUT2D eigenvalue weighted by molar-refractivity contribution is 5.79. The number of nitrogens with zero attached hydrogens (tertiary/aromatic N) is 5. The Kier molecular flexibility index (Phi) is 8.22. The number of anilines is 1. The van der Waals surface area contributed by atoms with Crippen LogP contribution >= 0.6 is 0 Å². The van der Waals surface area contributed by atoms with E-state index in [4.69, 9.17) is 14.8 Å². The van der Waals surface area contributed by atoms with E-state index in [2.05, 4.69) is 47.1 Å². The Morgan fingerprint density at radius 2 is 1.77 bits per heavy atom. The van der Waals surface area contributed by atoms with Gasteiger partial charge in [-0.1, -0.05) is 44.4 Å². The molecule has 232 valence electrons. The fraction of sp³-hybridized carbons (Fsp3) is 0.500. The Hall–Kier alpha value is -3.78. The number of carboxylic acids is 1. The predicted molar refractivity (Wildman–Crippen MR) is 174 cm³/mol. The normalized spacial score (nSPS) is 18.0. The molecule has 6 heterocycles. The van der Waals surface area contributed by atoms with Gasteiger partial charge in [-0.15, -0.1) is 0 Å². The van der Waals surface area contributed by atoms with Gasteiger partial charge in [0.05, 0.1) is 16.9 Å². The second-order valence-electron chi connectivity index (χ2n) is 14.0. The van der Waals surface area contributed by atoms with Crippen LogP contribution in [0.1, 0.15) is 95.6 Å². The van der Waals surface area contributed by atoms with Crippen LogP contribution in [0.5, 0.6) is 0 Å². The van der Waals surface area contributed by atoms with Crippen LogP contribution in [0.4, 0.5) is 5.82 Å². The number of fused-ring (bicyclic) bond motifs is 7. The number of benzene rings is 1.